The summed E-state index contributed by atoms with van der Waals surface area (Å²) in [6.07, 6.45) is 7.68. The maximum atomic E-state index is 10.7. The molecule has 2 rings (SSSR count). The molecule has 3 unspecified atom stereocenters. The largest absolute Gasteiger partial charge is 0.389 e. The van der Waals surface area contributed by atoms with Crippen LogP contribution in [0.15, 0.2) is 23.8 Å². The Labute approximate surface area is 99.3 Å². The first kappa shape index (κ1) is 11.9. The molecular formula is C15H24O. The summed E-state index contributed by atoms with van der Waals surface area (Å²) in [5.74, 6) is 0.605. The molecule has 2 aliphatic carbocycles. The second-order valence-electron chi connectivity index (χ2n) is 6.07. The highest BCUT2D eigenvalue weighted by atomic mass is 16.3. The number of rotatable bonds is 1. The fourth-order valence-electron chi connectivity index (χ4n) is 3.74. The Hall–Kier alpha value is -0.560. The van der Waals surface area contributed by atoms with Crippen LogP contribution in [0.2, 0.25) is 0 Å². The Balaban J connectivity index is 2.33. The van der Waals surface area contributed by atoms with Crippen LogP contribution >= 0.6 is 0 Å². The maximum absolute atomic E-state index is 10.7. The van der Waals surface area contributed by atoms with Crippen molar-refractivity contribution in [2.24, 2.45) is 11.3 Å². The van der Waals surface area contributed by atoms with E-state index in [4.69, 9.17) is 0 Å². The van der Waals surface area contributed by atoms with Crippen molar-refractivity contribution in [3.05, 3.63) is 23.8 Å². The van der Waals surface area contributed by atoms with Gasteiger partial charge in [0, 0.05) is 5.41 Å². The average Bonchev–Trinajstić information content (AvgIpc) is 2.61. The van der Waals surface area contributed by atoms with Gasteiger partial charge in [0.1, 0.15) is 0 Å². The van der Waals surface area contributed by atoms with E-state index in [1.165, 1.54) is 17.6 Å². The Morgan fingerprint density at radius 1 is 1.50 bits per heavy atom. The van der Waals surface area contributed by atoms with Crippen LogP contribution in [0.1, 0.15) is 52.9 Å². The molecule has 0 aromatic carbocycles. The molecule has 3 atom stereocenters. The first-order valence-corrected chi connectivity index (χ1v) is 6.44. The van der Waals surface area contributed by atoms with Crippen molar-refractivity contribution in [1.29, 1.82) is 0 Å². The molecule has 0 aliphatic heterocycles. The van der Waals surface area contributed by atoms with Crippen LogP contribution in [-0.4, -0.2) is 10.7 Å². The van der Waals surface area contributed by atoms with E-state index < -0.39 is 5.60 Å². The topological polar surface area (TPSA) is 20.2 Å². The molecule has 90 valence electrons. The van der Waals surface area contributed by atoms with Gasteiger partial charge in [-0.3, -0.25) is 0 Å². The summed E-state index contributed by atoms with van der Waals surface area (Å²) in [4.78, 5) is 0. The Morgan fingerprint density at radius 2 is 2.19 bits per heavy atom. The van der Waals surface area contributed by atoms with E-state index in [0.717, 1.165) is 25.7 Å². The van der Waals surface area contributed by atoms with E-state index in [1.807, 2.05) is 6.92 Å². The molecular weight excluding hydrogens is 196 g/mol. The Morgan fingerprint density at radius 3 is 2.69 bits per heavy atom. The Kier molecular flexibility index (Phi) is 2.78. The lowest BCUT2D eigenvalue weighted by Gasteiger charge is -2.47. The zero-order valence-electron chi connectivity index (χ0n) is 10.8. The lowest BCUT2D eigenvalue weighted by atomic mass is 9.61. The highest BCUT2D eigenvalue weighted by Gasteiger charge is 2.53. The summed E-state index contributed by atoms with van der Waals surface area (Å²) >= 11 is 0. The molecule has 1 fully saturated rings. The van der Waals surface area contributed by atoms with Gasteiger partial charge in [0.05, 0.1) is 5.60 Å². The first-order valence-electron chi connectivity index (χ1n) is 6.44. The van der Waals surface area contributed by atoms with Crippen molar-refractivity contribution >= 4 is 0 Å². The molecule has 1 saturated carbocycles. The predicted molar refractivity (Wildman–Crippen MR) is 68.2 cm³/mol. The van der Waals surface area contributed by atoms with Gasteiger partial charge in [0.2, 0.25) is 0 Å². The van der Waals surface area contributed by atoms with E-state index in [-0.39, 0.29) is 5.41 Å². The smallest absolute Gasteiger partial charge is 0.0715 e. The fourth-order valence-corrected chi connectivity index (χ4v) is 3.74. The molecule has 1 heteroatoms. The molecule has 0 amide bonds. The highest BCUT2D eigenvalue weighted by Crippen LogP contribution is 2.58. The summed E-state index contributed by atoms with van der Waals surface area (Å²) in [6, 6.07) is 0. The van der Waals surface area contributed by atoms with Gasteiger partial charge in [0.25, 0.3) is 0 Å². The zero-order chi connectivity index (χ0) is 12.0. The average molecular weight is 220 g/mol. The number of allylic oxidation sites excluding steroid dienone is 2. The molecule has 1 N–H and O–H groups in total. The van der Waals surface area contributed by atoms with E-state index >= 15 is 0 Å². The molecule has 1 spiro atoms. The van der Waals surface area contributed by atoms with E-state index in [1.54, 1.807) is 0 Å². The van der Waals surface area contributed by atoms with Gasteiger partial charge in [0.15, 0.2) is 0 Å². The van der Waals surface area contributed by atoms with Gasteiger partial charge in [-0.25, -0.2) is 0 Å². The van der Waals surface area contributed by atoms with Gasteiger partial charge in [-0.15, -0.1) is 0 Å². The van der Waals surface area contributed by atoms with E-state index in [2.05, 4.69) is 26.5 Å². The zero-order valence-corrected chi connectivity index (χ0v) is 10.8. The molecule has 0 bridgehead atoms. The molecule has 16 heavy (non-hydrogen) atoms. The SMILES string of the molecule is C=C(C)C1CCC2(C1)C(C)=CCCC2(C)O. The molecule has 0 heterocycles. The van der Waals surface area contributed by atoms with Crippen molar-refractivity contribution < 1.29 is 5.11 Å². The Bertz CT molecular complexity index is 337. The fraction of sp³-hybridized carbons (Fsp3) is 0.733. The summed E-state index contributed by atoms with van der Waals surface area (Å²) < 4.78 is 0. The van der Waals surface area contributed by atoms with Crippen LogP contribution < -0.4 is 0 Å². The predicted octanol–water partition coefficient (Wildman–Crippen LogP) is 3.84. The van der Waals surface area contributed by atoms with Crippen molar-refractivity contribution in [1.82, 2.24) is 0 Å². The minimum absolute atomic E-state index is 0.0366. The molecule has 0 saturated heterocycles. The number of hydrogen-bond acceptors (Lipinski definition) is 1. The third-order valence-electron chi connectivity index (χ3n) is 5.08. The summed E-state index contributed by atoms with van der Waals surface area (Å²) in [5, 5.41) is 10.7. The van der Waals surface area contributed by atoms with Crippen molar-refractivity contribution in [3.8, 4) is 0 Å². The monoisotopic (exact) mass is 220 g/mol. The minimum atomic E-state index is -0.518. The lowest BCUT2D eigenvalue weighted by molar-refractivity contribution is -0.0602. The van der Waals surface area contributed by atoms with Crippen LogP contribution in [0.3, 0.4) is 0 Å². The van der Waals surface area contributed by atoms with Crippen molar-refractivity contribution in [2.45, 2.75) is 58.5 Å². The van der Waals surface area contributed by atoms with Crippen LogP contribution in [0.5, 0.6) is 0 Å². The van der Waals surface area contributed by atoms with Gasteiger partial charge in [-0.2, -0.15) is 0 Å². The van der Waals surface area contributed by atoms with Crippen molar-refractivity contribution in [2.75, 3.05) is 0 Å². The highest BCUT2D eigenvalue weighted by molar-refractivity contribution is 5.26. The third-order valence-corrected chi connectivity index (χ3v) is 5.08. The van der Waals surface area contributed by atoms with Gasteiger partial charge >= 0.3 is 0 Å². The summed E-state index contributed by atoms with van der Waals surface area (Å²) in [6.45, 7) is 10.4. The minimum Gasteiger partial charge on any atom is -0.389 e. The summed E-state index contributed by atoms with van der Waals surface area (Å²) in [5.41, 5.74) is 2.21. The molecule has 1 nitrogen and oxygen atoms in total. The van der Waals surface area contributed by atoms with E-state index in [9.17, 15) is 5.11 Å². The van der Waals surface area contributed by atoms with Crippen LogP contribution in [0, 0.1) is 11.3 Å². The molecule has 0 radical (unpaired) electrons. The second-order valence-corrected chi connectivity index (χ2v) is 6.07. The number of hydrogen-bond donors (Lipinski definition) is 1. The normalized spacial score (nSPS) is 43.5. The number of aliphatic hydroxyl groups is 1. The lowest BCUT2D eigenvalue weighted by Crippen LogP contribution is -2.47. The van der Waals surface area contributed by atoms with Gasteiger partial charge < -0.3 is 5.11 Å². The van der Waals surface area contributed by atoms with Crippen molar-refractivity contribution in [3.63, 3.8) is 0 Å². The van der Waals surface area contributed by atoms with E-state index in [0.29, 0.717) is 5.92 Å². The van der Waals surface area contributed by atoms with Crippen LogP contribution in [-0.2, 0) is 0 Å². The quantitative estimate of drug-likeness (QED) is 0.666. The standard InChI is InChI=1S/C15H24O/c1-11(2)13-7-9-15(10-13)12(3)6-5-8-14(15,4)16/h6,13,16H,1,5,7-10H2,2-4H3. The van der Waals surface area contributed by atoms with Crippen LogP contribution in [0.4, 0.5) is 0 Å². The second kappa shape index (κ2) is 3.73. The molecule has 2 aliphatic rings. The third kappa shape index (κ3) is 1.57. The van der Waals surface area contributed by atoms with Gasteiger partial charge in [-0.1, -0.05) is 23.8 Å². The molecule has 0 aromatic heterocycles. The van der Waals surface area contributed by atoms with Gasteiger partial charge in [-0.05, 0) is 58.8 Å². The molecule has 0 aromatic rings. The maximum Gasteiger partial charge on any atom is 0.0715 e. The van der Waals surface area contributed by atoms with Crippen LogP contribution in [0.25, 0.3) is 0 Å². The summed E-state index contributed by atoms with van der Waals surface area (Å²) in [7, 11) is 0. The first-order chi connectivity index (χ1) is 7.39.